The number of hydrogen-bond acceptors (Lipinski definition) is 5. The molecule has 0 heterocycles. The van der Waals surface area contributed by atoms with Gasteiger partial charge in [0.05, 0.1) is 11.0 Å². The minimum absolute atomic E-state index is 0.203. The molecule has 0 radical (unpaired) electrons. The van der Waals surface area contributed by atoms with Crippen molar-refractivity contribution in [3.8, 4) is 0 Å². The Morgan fingerprint density at radius 2 is 1.91 bits per heavy atom. The van der Waals surface area contributed by atoms with Crippen LogP contribution in [-0.4, -0.2) is 46.9 Å². The van der Waals surface area contributed by atoms with Gasteiger partial charge in [0.15, 0.2) is 6.61 Å². The van der Waals surface area contributed by atoms with Crippen molar-refractivity contribution in [1.29, 1.82) is 0 Å². The minimum atomic E-state index is -1.01. The van der Waals surface area contributed by atoms with E-state index in [1.807, 2.05) is 0 Å². The van der Waals surface area contributed by atoms with E-state index in [9.17, 15) is 14.5 Å². The van der Waals surface area contributed by atoms with Gasteiger partial charge < -0.3 is 4.90 Å². The molecule has 0 atom stereocenters. The summed E-state index contributed by atoms with van der Waals surface area (Å²) in [5.41, 5.74) is -0.584. The smallest absolute Gasteiger partial charge is 0.345 e. The summed E-state index contributed by atoms with van der Waals surface area (Å²) in [6.07, 6.45) is 0. The van der Waals surface area contributed by atoms with E-state index in [4.69, 9.17) is 5.21 Å². The minimum Gasteiger partial charge on any atom is -0.345 e. The van der Waals surface area contributed by atoms with Crippen molar-refractivity contribution in [3.05, 3.63) is 34.7 Å². The van der Waals surface area contributed by atoms with Crippen LogP contribution in [0.5, 0.6) is 0 Å². The largest absolute Gasteiger partial charge is 0.475 e. The van der Waals surface area contributed by atoms with Crippen LogP contribution in [0, 0.1) is 10.3 Å². The molecule has 8 heteroatoms. The van der Waals surface area contributed by atoms with E-state index in [1.54, 1.807) is 52.2 Å². The number of nitrogens with zero attached hydrogens (tertiary/aromatic N) is 2. The highest BCUT2D eigenvalue weighted by atomic mass is 32.2. The van der Waals surface area contributed by atoms with Gasteiger partial charge >= 0.3 is 5.09 Å². The average Bonchev–Trinajstić information content (AvgIpc) is 2.45. The second kappa shape index (κ2) is 7.26. The summed E-state index contributed by atoms with van der Waals surface area (Å²) in [6, 6.07) is 6.79. The van der Waals surface area contributed by atoms with Gasteiger partial charge in [-0.2, -0.15) is 4.84 Å². The monoisotopic (exact) mass is 327 g/mol. The van der Waals surface area contributed by atoms with Gasteiger partial charge in [0.2, 0.25) is 5.12 Å². The topological polar surface area (TPSA) is 86.9 Å². The molecule has 0 unspecified atom stereocenters. The molecule has 1 rings (SSSR count). The fourth-order valence-corrected chi connectivity index (χ4v) is 2.43. The van der Waals surface area contributed by atoms with Gasteiger partial charge in [-0.25, -0.2) is 5.21 Å². The summed E-state index contributed by atoms with van der Waals surface area (Å²) in [6.45, 7) is 2.90. The van der Waals surface area contributed by atoms with Gasteiger partial charge in [-0.05, 0) is 26.0 Å². The lowest BCUT2D eigenvalue weighted by Gasteiger charge is -2.19. The van der Waals surface area contributed by atoms with E-state index < -0.39 is 10.5 Å². The van der Waals surface area contributed by atoms with Crippen molar-refractivity contribution in [3.63, 3.8) is 0 Å². The van der Waals surface area contributed by atoms with E-state index >= 15 is 0 Å². The fraction of sp³-hybridized carbons (Fsp3) is 0.429. The Labute approximate surface area is 132 Å². The van der Waals surface area contributed by atoms with Crippen LogP contribution in [-0.2, 0) is 9.63 Å². The molecule has 1 N–H and O–H groups in total. The predicted molar refractivity (Wildman–Crippen MR) is 80.5 cm³/mol. The first kappa shape index (κ1) is 18.0. The zero-order chi connectivity index (χ0) is 16.9. The number of thioether (sulfide) groups is 1. The van der Waals surface area contributed by atoms with Crippen LogP contribution in [0.3, 0.4) is 0 Å². The van der Waals surface area contributed by atoms with E-state index in [2.05, 4.69) is 4.84 Å². The molecule has 0 aliphatic heterocycles. The normalized spacial score (nSPS) is 10.9. The molecule has 1 aromatic rings. The quantitative estimate of drug-likeness (QED) is 0.636. The predicted octanol–water partition coefficient (Wildman–Crippen LogP) is 2.13. The molecule has 0 saturated carbocycles. The van der Waals surface area contributed by atoms with Crippen molar-refractivity contribution in [1.82, 2.24) is 4.90 Å². The van der Waals surface area contributed by atoms with Crippen molar-refractivity contribution in [2.75, 3.05) is 20.7 Å². The third-order valence-electron chi connectivity index (χ3n) is 2.81. The van der Waals surface area contributed by atoms with E-state index in [0.29, 0.717) is 10.5 Å². The van der Waals surface area contributed by atoms with Crippen molar-refractivity contribution < 1.29 is 24.7 Å². The molecule has 7 nitrogen and oxygen atoms in total. The third kappa shape index (κ3) is 4.73. The van der Waals surface area contributed by atoms with Crippen LogP contribution >= 0.6 is 11.8 Å². The molecule has 0 bridgehead atoms. The molecule has 0 fully saturated rings. The summed E-state index contributed by atoms with van der Waals surface area (Å²) >= 11 is 0.906. The number of hydrogen-bond donors (Lipinski definition) is 1. The highest BCUT2D eigenvalue weighted by molar-refractivity contribution is 8.13. The molecule has 120 valence electrons. The summed E-state index contributed by atoms with van der Waals surface area (Å²) in [7, 11) is 3.26. The summed E-state index contributed by atoms with van der Waals surface area (Å²) < 4.78 is 0. The lowest BCUT2D eigenvalue weighted by molar-refractivity contribution is -0.976. The maximum absolute atomic E-state index is 12.3. The molecule has 0 aliphatic rings. The highest BCUT2D eigenvalue weighted by Crippen LogP contribution is 2.32. The van der Waals surface area contributed by atoms with Crippen LogP contribution in [0.15, 0.2) is 29.2 Å². The van der Waals surface area contributed by atoms with E-state index in [1.165, 1.54) is 4.90 Å². The molecule has 22 heavy (non-hydrogen) atoms. The third-order valence-corrected chi connectivity index (χ3v) is 4.13. The maximum Gasteiger partial charge on any atom is 0.475 e. The first-order valence-electron chi connectivity index (χ1n) is 6.47. The summed E-state index contributed by atoms with van der Waals surface area (Å²) in [4.78, 5) is 41.2. The lowest BCUT2D eigenvalue weighted by atomic mass is 9.97. The Morgan fingerprint density at radius 3 is 2.45 bits per heavy atom. The van der Waals surface area contributed by atoms with Crippen LogP contribution in [0.1, 0.15) is 24.2 Å². The molecular weight excluding hydrogens is 308 g/mol. The van der Waals surface area contributed by atoms with Gasteiger partial charge in [0, 0.05) is 19.0 Å². The first-order chi connectivity index (χ1) is 10.1. The van der Waals surface area contributed by atoms with Gasteiger partial charge in [-0.15, -0.1) is 0 Å². The fourth-order valence-electron chi connectivity index (χ4n) is 1.49. The maximum atomic E-state index is 12.3. The molecule has 0 saturated heterocycles. The molecule has 0 aromatic heterocycles. The van der Waals surface area contributed by atoms with Gasteiger partial charge in [-0.1, -0.05) is 23.9 Å². The van der Waals surface area contributed by atoms with Crippen molar-refractivity contribution in [2.24, 2.45) is 5.41 Å². The Hall–Kier alpha value is -2.09. The standard InChI is InChI=1S/C14H19N2O5S/c1-14(2,9-21-16(19)20)13(18)22-11-8-6-5-7-10(11)12(17)15(3)4/h5-8H,9H2,1-4H3,(H,19,20)/q+1. The van der Waals surface area contributed by atoms with Crippen LogP contribution < -0.4 is 0 Å². The first-order valence-corrected chi connectivity index (χ1v) is 7.29. The van der Waals surface area contributed by atoms with E-state index in [-0.39, 0.29) is 17.6 Å². The van der Waals surface area contributed by atoms with Crippen LogP contribution in [0.2, 0.25) is 0 Å². The zero-order valence-corrected chi connectivity index (χ0v) is 13.7. The van der Waals surface area contributed by atoms with Crippen LogP contribution in [0.4, 0.5) is 0 Å². The molecule has 0 spiro atoms. The lowest BCUT2D eigenvalue weighted by Crippen LogP contribution is -2.29. The van der Waals surface area contributed by atoms with Crippen molar-refractivity contribution >= 4 is 22.8 Å². The highest BCUT2D eigenvalue weighted by Gasteiger charge is 2.33. The average molecular weight is 327 g/mol. The Kier molecular flexibility index (Phi) is 5.92. The Morgan fingerprint density at radius 1 is 1.32 bits per heavy atom. The van der Waals surface area contributed by atoms with Gasteiger partial charge in [-0.3, -0.25) is 9.59 Å². The summed E-state index contributed by atoms with van der Waals surface area (Å²) in [5.74, 6) is -0.203. The zero-order valence-electron chi connectivity index (χ0n) is 12.9. The van der Waals surface area contributed by atoms with E-state index in [0.717, 1.165) is 11.8 Å². The van der Waals surface area contributed by atoms with Gasteiger partial charge in [0.25, 0.3) is 5.91 Å². The molecular formula is C14H19N2O5S+. The number of rotatable bonds is 6. The number of amides is 1. The molecule has 1 aromatic carbocycles. The molecule has 0 aliphatic carbocycles. The molecule has 1 amide bonds. The van der Waals surface area contributed by atoms with Gasteiger partial charge in [0.1, 0.15) is 4.91 Å². The number of carbonyl (C=O) groups excluding carboxylic acids is 2. The SMILES string of the molecule is CN(C)C(=O)c1ccccc1SC(=O)C(C)(C)CO[N+](=O)O. The Bertz CT molecular complexity index is 586. The second-order valence-electron chi connectivity index (χ2n) is 5.48. The summed E-state index contributed by atoms with van der Waals surface area (Å²) in [5, 5.41) is 7.49. The number of benzene rings is 1. The van der Waals surface area contributed by atoms with Crippen LogP contribution in [0.25, 0.3) is 0 Å². The number of carbonyl (C=O) groups is 2. The van der Waals surface area contributed by atoms with Crippen molar-refractivity contribution in [2.45, 2.75) is 18.7 Å². The Balaban J connectivity index is 2.93. The second-order valence-corrected chi connectivity index (χ2v) is 6.50.